The fraction of sp³-hybridized carbons (Fsp3) is 0.278. The third-order valence-corrected chi connectivity index (χ3v) is 5.76. The minimum Gasteiger partial charge on any atom is -0.505 e. The van der Waals surface area contributed by atoms with Crippen LogP contribution < -0.4 is 0 Å². The van der Waals surface area contributed by atoms with Gasteiger partial charge in [0.2, 0.25) is 0 Å². The lowest BCUT2D eigenvalue weighted by Gasteiger charge is -2.09. The predicted molar refractivity (Wildman–Crippen MR) is 99.2 cm³/mol. The molecule has 7 heteroatoms. The standard InChI is InChI=1S/C18H18Cl2O4S/c1-11(2)7-16(21)13-5-3-12(4-6-13)10-25(23,24)17-9-14(19)8-15(20)18(17)22/h3-6,8-9,11,22H,7,10H2,1-2H3. The summed E-state index contributed by atoms with van der Waals surface area (Å²) in [6, 6.07) is 8.84. The van der Waals surface area contributed by atoms with Gasteiger partial charge in [-0.3, -0.25) is 4.79 Å². The van der Waals surface area contributed by atoms with Gasteiger partial charge in [0.15, 0.2) is 21.4 Å². The number of aromatic hydroxyl groups is 1. The molecule has 0 aliphatic heterocycles. The van der Waals surface area contributed by atoms with E-state index in [0.29, 0.717) is 17.5 Å². The average molecular weight is 401 g/mol. The Morgan fingerprint density at radius 2 is 1.72 bits per heavy atom. The van der Waals surface area contributed by atoms with Gasteiger partial charge in [-0.25, -0.2) is 8.42 Å². The molecular formula is C18H18Cl2O4S. The van der Waals surface area contributed by atoms with Crippen LogP contribution in [0.2, 0.25) is 10.0 Å². The summed E-state index contributed by atoms with van der Waals surface area (Å²) in [7, 11) is -3.84. The first-order valence-electron chi connectivity index (χ1n) is 7.63. The molecule has 0 saturated heterocycles. The second kappa shape index (κ2) is 7.77. The van der Waals surface area contributed by atoms with Crippen LogP contribution in [0.5, 0.6) is 5.75 Å². The zero-order valence-corrected chi connectivity index (χ0v) is 16.1. The molecule has 0 spiro atoms. The number of benzene rings is 2. The molecule has 0 unspecified atom stereocenters. The maximum atomic E-state index is 12.5. The fourth-order valence-electron chi connectivity index (χ4n) is 2.35. The van der Waals surface area contributed by atoms with Crippen LogP contribution in [0.15, 0.2) is 41.3 Å². The van der Waals surface area contributed by atoms with E-state index in [1.807, 2.05) is 13.8 Å². The van der Waals surface area contributed by atoms with E-state index in [-0.39, 0.29) is 32.4 Å². The molecule has 2 aromatic carbocycles. The Kier molecular flexibility index (Phi) is 6.14. The molecule has 0 heterocycles. The first-order valence-corrected chi connectivity index (χ1v) is 10.0. The van der Waals surface area contributed by atoms with Crippen LogP contribution in [0.4, 0.5) is 0 Å². The third-order valence-electron chi connectivity index (χ3n) is 3.55. The molecule has 2 aromatic rings. The van der Waals surface area contributed by atoms with Crippen LogP contribution in [0.1, 0.15) is 36.2 Å². The Morgan fingerprint density at radius 1 is 1.12 bits per heavy atom. The summed E-state index contributed by atoms with van der Waals surface area (Å²) in [5.74, 6) is -0.586. The molecule has 0 aromatic heterocycles. The predicted octanol–water partition coefficient (Wildman–Crippen LogP) is 4.90. The number of phenolic OH excluding ortho intramolecular Hbond substituents is 1. The van der Waals surface area contributed by atoms with E-state index in [2.05, 4.69) is 0 Å². The number of hydrogen-bond acceptors (Lipinski definition) is 4. The second-order valence-corrected chi connectivity index (χ2v) is 9.01. The summed E-state index contributed by atoms with van der Waals surface area (Å²) in [5, 5.41) is 9.92. The molecule has 2 rings (SSSR count). The number of hydrogen-bond donors (Lipinski definition) is 1. The molecule has 0 fully saturated rings. The van der Waals surface area contributed by atoms with Crippen molar-refractivity contribution in [2.75, 3.05) is 0 Å². The van der Waals surface area contributed by atoms with E-state index in [9.17, 15) is 18.3 Å². The topological polar surface area (TPSA) is 71.4 Å². The molecule has 0 radical (unpaired) electrons. The van der Waals surface area contributed by atoms with Crippen molar-refractivity contribution in [3.63, 3.8) is 0 Å². The number of sulfone groups is 1. The van der Waals surface area contributed by atoms with E-state index in [4.69, 9.17) is 23.2 Å². The van der Waals surface area contributed by atoms with Gasteiger partial charge in [-0.05, 0) is 23.6 Å². The molecule has 134 valence electrons. The van der Waals surface area contributed by atoms with Gasteiger partial charge >= 0.3 is 0 Å². The maximum Gasteiger partial charge on any atom is 0.186 e. The maximum absolute atomic E-state index is 12.5. The average Bonchev–Trinajstić information content (AvgIpc) is 2.50. The number of halogens is 2. The van der Waals surface area contributed by atoms with Crippen molar-refractivity contribution in [3.8, 4) is 5.75 Å². The molecule has 0 amide bonds. The SMILES string of the molecule is CC(C)CC(=O)c1ccc(CS(=O)(=O)c2cc(Cl)cc(Cl)c2O)cc1. The minimum absolute atomic E-state index is 0.0173. The second-order valence-electron chi connectivity index (χ2n) is 6.21. The smallest absolute Gasteiger partial charge is 0.186 e. The van der Waals surface area contributed by atoms with Gasteiger partial charge in [0.25, 0.3) is 0 Å². The van der Waals surface area contributed by atoms with Crippen molar-refractivity contribution in [3.05, 3.63) is 57.6 Å². The number of ketones is 1. The number of carbonyl (C=O) groups is 1. The first-order chi connectivity index (χ1) is 11.6. The number of phenols is 1. The highest BCUT2D eigenvalue weighted by atomic mass is 35.5. The fourth-order valence-corrected chi connectivity index (χ4v) is 4.46. The summed E-state index contributed by atoms with van der Waals surface area (Å²) in [5.41, 5.74) is 1.04. The van der Waals surface area contributed by atoms with Gasteiger partial charge in [0.05, 0.1) is 10.8 Å². The third kappa shape index (κ3) is 4.97. The summed E-state index contributed by atoms with van der Waals surface area (Å²) in [6.45, 7) is 3.92. The van der Waals surface area contributed by atoms with Crippen molar-refractivity contribution in [2.24, 2.45) is 5.92 Å². The summed E-state index contributed by atoms with van der Waals surface area (Å²) in [6.07, 6.45) is 0.437. The van der Waals surface area contributed by atoms with Gasteiger partial charge in [0, 0.05) is 17.0 Å². The number of carbonyl (C=O) groups excluding carboxylic acids is 1. The van der Waals surface area contributed by atoms with Crippen molar-refractivity contribution in [1.82, 2.24) is 0 Å². The van der Waals surface area contributed by atoms with Crippen molar-refractivity contribution in [1.29, 1.82) is 0 Å². The number of Topliss-reactive ketones (excluding diaryl/α,β-unsaturated/α-hetero) is 1. The molecule has 0 aliphatic carbocycles. The lowest BCUT2D eigenvalue weighted by Crippen LogP contribution is -2.07. The van der Waals surface area contributed by atoms with Gasteiger partial charge in [-0.1, -0.05) is 61.3 Å². The molecule has 0 aliphatic rings. The first kappa shape index (κ1) is 19.8. The molecule has 0 atom stereocenters. The summed E-state index contributed by atoms with van der Waals surface area (Å²) >= 11 is 11.6. The lowest BCUT2D eigenvalue weighted by molar-refractivity contribution is 0.0968. The van der Waals surface area contributed by atoms with Gasteiger partial charge in [-0.2, -0.15) is 0 Å². The Balaban J connectivity index is 2.26. The lowest BCUT2D eigenvalue weighted by atomic mass is 10.0. The van der Waals surface area contributed by atoms with E-state index >= 15 is 0 Å². The quantitative estimate of drug-likeness (QED) is 0.699. The van der Waals surface area contributed by atoms with Gasteiger partial charge < -0.3 is 5.11 Å². The summed E-state index contributed by atoms with van der Waals surface area (Å²) < 4.78 is 25.1. The van der Waals surface area contributed by atoms with E-state index in [0.717, 1.165) is 0 Å². The van der Waals surface area contributed by atoms with Gasteiger partial charge in [-0.15, -0.1) is 0 Å². The van der Waals surface area contributed by atoms with E-state index in [1.165, 1.54) is 12.1 Å². The zero-order chi connectivity index (χ0) is 18.8. The van der Waals surface area contributed by atoms with Crippen molar-refractivity contribution < 1.29 is 18.3 Å². The minimum atomic E-state index is -3.84. The molecule has 0 saturated carbocycles. The highest BCUT2D eigenvalue weighted by molar-refractivity contribution is 7.90. The van der Waals surface area contributed by atoms with Crippen LogP contribution in [-0.2, 0) is 15.6 Å². The Morgan fingerprint density at radius 3 is 2.28 bits per heavy atom. The molecule has 1 N–H and O–H groups in total. The van der Waals surface area contributed by atoms with Crippen LogP contribution >= 0.6 is 23.2 Å². The Bertz CT molecular complexity index is 888. The summed E-state index contributed by atoms with van der Waals surface area (Å²) in [4.78, 5) is 11.7. The highest BCUT2D eigenvalue weighted by Gasteiger charge is 2.22. The van der Waals surface area contributed by atoms with Crippen LogP contribution in [0.3, 0.4) is 0 Å². The largest absolute Gasteiger partial charge is 0.505 e. The molecular weight excluding hydrogens is 383 g/mol. The highest BCUT2D eigenvalue weighted by Crippen LogP contribution is 2.35. The normalized spacial score (nSPS) is 11.7. The molecule has 4 nitrogen and oxygen atoms in total. The van der Waals surface area contributed by atoms with Crippen LogP contribution in [-0.4, -0.2) is 19.3 Å². The molecule has 0 bridgehead atoms. The van der Waals surface area contributed by atoms with Crippen LogP contribution in [0, 0.1) is 5.92 Å². The molecule has 25 heavy (non-hydrogen) atoms. The Labute approximate surface area is 157 Å². The van der Waals surface area contributed by atoms with Crippen molar-refractivity contribution >= 4 is 38.8 Å². The van der Waals surface area contributed by atoms with Crippen LogP contribution in [0.25, 0.3) is 0 Å². The zero-order valence-electron chi connectivity index (χ0n) is 13.8. The Hall–Kier alpha value is -1.56. The number of rotatable bonds is 6. The van der Waals surface area contributed by atoms with Crippen molar-refractivity contribution in [2.45, 2.75) is 30.9 Å². The monoisotopic (exact) mass is 400 g/mol. The van der Waals surface area contributed by atoms with E-state index in [1.54, 1.807) is 24.3 Å². The van der Waals surface area contributed by atoms with Gasteiger partial charge in [0.1, 0.15) is 4.90 Å². The van der Waals surface area contributed by atoms with E-state index < -0.39 is 15.6 Å².